The molecule has 2 fully saturated rings. The highest BCUT2D eigenvalue weighted by Gasteiger charge is 2.38. The second-order valence-electron chi connectivity index (χ2n) is 8.33. The van der Waals surface area contributed by atoms with Crippen molar-refractivity contribution in [3.05, 3.63) is 48.0 Å². The highest BCUT2D eigenvalue weighted by atomic mass is 19.4. The van der Waals surface area contributed by atoms with E-state index in [4.69, 9.17) is 34.3 Å². The molecule has 198 valence electrons. The van der Waals surface area contributed by atoms with E-state index in [9.17, 15) is 17.6 Å². The summed E-state index contributed by atoms with van der Waals surface area (Å²) in [5, 5.41) is 7.12. The lowest BCUT2D eigenvalue weighted by Gasteiger charge is -2.29. The Morgan fingerprint density at radius 3 is 2.08 bits per heavy atom. The Morgan fingerprint density at radius 1 is 0.892 bits per heavy atom. The Hall–Kier alpha value is -3.42. The zero-order chi connectivity index (χ0) is 26.4. The number of fused-ring (bicyclic) bond motifs is 1. The van der Waals surface area contributed by atoms with Crippen LogP contribution >= 0.6 is 0 Å². The number of pyridine rings is 1. The summed E-state index contributed by atoms with van der Waals surface area (Å²) in [5.41, 5.74) is 3.23. The number of rotatable bonds is 4. The van der Waals surface area contributed by atoms with E-state index in [1.165, 1.54) is 12.1 Å². The summed E-state index contributed by atoms with van der Waals surface area (Å²) < 4.78 is 56.0. The molecule has 2 aliphatic rings. The molecule has 2 aliphatic heterocycles. The molecule has 0 bridgehead atoms. The molecule has 1 aromatic carbocycles. The molecule has 4 heterocycles. The number of aliphatic carboxylic acids is 1. The predicted molar refractivity (Wildman–Crippen MR) is 126 cm³/mol. The number of carbonyl (C=O) groups is 1. The smallest absolute Gasteiger partial charge is 0.475 e. The highest BCUT2D eigenvalue weighted by molar-refractivity contribution is 5.87. The number of carboxylic acids is 1. The molecular formula is C24H25F4N5O4. The molecule has 0 spiro atoms. The minimum absolute atomic E-state index is 0.260. The topological polar surface area (TPSA) is 101 Å². The van der Waals surface area contributed by atoms with Crippen molar-refractivity contribution in [2.45, 2.75) is 12.7 Å². The van der Waals surface area contributed by atoms with Gasteiger partial charge in [0, 0.05) is 31.7 Å². The van der Waals surface area contributed by atoms with E-state index >= 15 is 0 Å². The summed E-state index contributed by atoms with van der Waals surface area (Å²) in [6, 6.07) is 10.3. The van der Waals surface area contributed by atoms with E-state index < -0.39 is 12.1 Å². The maximum atomic E-state index is 13.3. The summed E-state index contributed by atoms with van der Waals surface area (Å²) in [5.74, 6) is -1.38. The molecule has 13 heteroatoms. The highest BCUT2D eigenvalue weighted by Crippen LogP contribution is 2.27. The summed E-state index contributed by atoms with van der Waals surface area (Å²) >= 11 is 0. The van der Waals surface area contributed by atoms with Gasteiger partial charge in [-0.1, -0.05) is 0 Å². The van der Waals surface area contributed by atoms with Crippen molar-refractivity contribution in [2.75, 3.05) is 57.5 Å². The van der Waals surface area contributed by atoms with Crippen LogP contribution in [0.4, 0.5) is 23.4 Å². The quantitative estimate of drug-likeness (QED) is 0.517. The zero-order valence-electron chi connectivity index (χ0n) is 19.7. The summed E-state index contributed by atoms with van der Waals surface area (Å²) in [6.07, 6.45) is -5.08. The number of nitrogens with zero attached hydrogens (tertiary/aromatic N) is 5. The van der Waals surface area contributed by atoms with Gasteiger partial charge in [-0.25, -0.2) is 24.1 Å². The van der Waals surface area contributed by atoms with Gasteiger partial charge in [-0.2, -0.15) is 13.2 Å². The molecule has 1 N–H and O–H groups in total. The zero-order valence-corrected chi connectivity index (χ0v) is 19.7. The van der Waals surface area contributed by atoms with Crippen LogP contribution in [0.15, 0.2) is 36.4 Å². The Morgan fingerprint density at radius 2 is 1.49 bits per heavy atom. The van der Waals surface area contributed by atoms with E-state index in [1.807, 2.05) is 12.1 Å². The van der Waals surface area contributed by atoms with Crippen molar-refractivity contribution in [3.8, 4) is 11.3 Å². The van der Waals surface area contributed by atoms with E-state index in [2.05, 4.69) is 9.80 Å². The van der Waals surface area contributed by atoms with Crippen LogP contribution in [0.3, 0.4) is 0 Å². The van der Waals surface area contributed by atoms with Crippen molar-refractivity contribution in [3.63, 3.8) is 0 Å². The Bertz CT molecular complexity index is 1210. The Balaban J connectivity index is 0.000000405. The third-order valence-electron chi connectivity index (χ3n) is 5.73. The monoisotopic (exact) mass is 523 g/mol. The molecule has 0 amide bonds. The average Bonchev–Trinajstić information content (AvgIpc) is 2.89. The molecule has 0 saturated carbocycles. The SMILES string of the molecule is Fc1ccc(-c2ccc3nc(CN4CCOCC4)nc(N4CCOCC4)c3n2)cc1.O=C(O)C(F)(F)F. The van der Waals surface area contributed by atoms with Crippen LogP contribution in [0.1, 0.15) is 5.82 Å². The van der Waals surface area contributed by atoms with Gasteiger partial charge in [0.25, 0.3) is 0 Å². The minimum Gasteiger partial charge on any atom is -0.475 e. The van der Waals surface area contributed by atoms with Crippen molar-refractivity contribution in [1.82, 2.24) is 19.9 Å². The molecule has 0 unspecified atom stereocenters. The van der Waals surface area contributed by atoms with Gasteiger partial charge >= 0.3 is 12.1 Å². The number of hydrogen-bond donors (Lipinski definition) is 1. The molecule has 2 aromatic heterocycles. The lowest BCUT2D eigenvalue weighted by Crippen LogP contribution is -2.38. The predicted octanol–water partition coefficient (Wildman–Crippen LogP) is 3.13. The van der Waals surface area contributed by atoms with E-state index in [0.29, 0.717) is 19.8 Å². The Labute approximate surface area is 209 Å². The standard InChI is InChI=1S/C22H24FN5O2.C2HF3O2/c23-17-3-1-16(2-4-17)18-5-6-19-21(25-18)22(28-9-13-30-14-10-28)26-20(24-19)15-27-7-11-29-12-8-27;3-2(4,5)1(6)7/h1-6H,7-15H2;(H,6,7). The van der Waals surface area contributed by atoms with Crippen LogP contribution in [-0.2, 0) is 20.8 Å². The van der Waals surface area contributed by atoms with Crippen LogP contribution < -0.4 is 4.90 Å². The third-order valence-corrected chi connectivity index (χ3v) is 5.73. The van der Waals surface area contributed by atoms with E-state index in [0.717, 1.165) is 73.3 Å². The number of halogens is 4. The van der Waals surface area contributed by atoms with E-state index in [1.54, 1.807) is 12.1 Å². The van der Waals surface area contributed by atoms with Gasteiger partial charge in [0.15, 0.2) is 5.82 Å². The lowest BCUT2D eigenvalue weighted by atomic mass is 10.1. The number of aromatic nitrogens is 3. The first-order chi connectivity index (χ1) is 17.7. The minimum atomic E-state index is -5.08. The molecule has 0 radical (unpaired) electrons. The normalized spacial score (nSPS) is 16.8. The van der Waals surface area contributed by atoms with Crippen LogP contribution in [0.5, 0.6) is 0 Å². The first-order valence-corrected chi connectivity index (χ1v) is 11.6. The number of benzene rings is 1. The van der Waals surface area contributed by atoms with Gasteiger partial charge in [-0.3, -0.25) is 4.90 Å². The summed E-state index contributed by atoms with van der Waals surface area (Å²) in [6.45, 7) is 6.82. The van der Waals surface area contributed by atoms with E-state index in [-0.39, 0.29) is 5.82 Å². The average molecular weight is 523 g/mol. The maximum Gasteiger partial charge on any atom is 0.490 e. The molecule has 0 aliphatic carbocycles. The molecular weight excluding hydrogens is 498 g/mol. The van der Waals surface area contributed by atoms with Gasteiger partial charge in [-0.15, -0.1) is 0 Å². The second kappa shape index (κ2) is 11.8. The maximum absolute atomic E-state index is 13.3. The number of morpholine rings is 2. The van der Waals surface area contributed by atoms with Crippen LogP contribution in [0.2, 0.25) is 0 Å². The molecule has 9 nitrogen and oxygen atoms in total. The second-order valence-corrected chi connectivity index (χ2v) is 8.33. The van der Waals surface area contributed by atoms with Gasteiger partial charge in [0.05, 0.1) is 44.2 Å². The van der Waals surface area contributed by atoms with Crippen molar-refractivity contribution in [1.29, 1.82) is 0 Å². The third kappa shape index (κ3) is 7.08. The van der Waals surface area contributed by atoms with Crippen LogP contribution in [0, 0.1) is 5.82 Å². The summed E-state index contributed by atoms with van der Waals surface area (Å²) in [4.78, 5) is 28.0. The molecule has 5 rings (SSSR count). The van der Waals surface area contributed by atoms with Crippen LogP contribution in [0.25, 0.3) is 22.3 Å². The number of anilines is 1. The first kappa shape index (κ1) is 26.6. The van der Waals surface area contributed by atoms with Gasteiger partial charge in [-0.05, 0) is 36.4 Å². The number of alkyl halides is 3. The largest absolute Gasteiger partial charge is 0.490 e. The molecule has 0 atom stereocenters. The van der Waals surface area contributed by atoms with Gasteiger partial charge < -0.3 is 19.5 Å². The fraction of sp³-hybridized carbons (Fsp3) is 0.417. The van der Waals surface area contributed by atoms with Crippen molar-refractivity contribution in [2.24, 2.45) is 0 Å². The van der Waals surface area contributed by atoms with Crippen LogP contribution in [-0.4, -0.2) is 89.7 Å². The molecule has 2 saturated heterocycles. The molecule has 3 aromatic rings. The fourth-order valence-corrected chi connectivity index (χ4v) is 3.85. The van der Waals surface area contributed by atoms with Crippen molar-refractivity contribution >= 4 is 22.8 Å². The number of ether oxygens (including phenoxy) is 2. The number of hydrogen-bond acceptors (Lipinski definition) is 8. The first-order valence-electron chi connectivity index (χ1n) is 11.6. The van der Waals surface area contributed by atoms with Gasteiger partial charge in [0.2, 0.25) is 0 Å². The lowest BCUT2D eigenvalue weighted by molar-refractivity contribution is -0.192. The Kier molecular flexibility index (Phi) is 8.46. The van der Waals surface area contributed by atoms with Crippen molar-refractivity contribution < 1.29 is 36.9 Å². The summed E-state index contributed by atoms with van der Waals surface area (Å²) in [7, 11) is 0. The van der Waals surface area contributed by atoms with Gasteiger partial charge in [0.1, 0.15) is 17.2 Å². The fourth-order valence-electron chi connectivity index (χ4n) is 3.85. The molecule has 37 heavy (non-hydrogen) atoms. The number of carboxylic acid groups (broad SMARTS) is 1.